The van der Waals surface area contributed by atoms with Crippen molar-refractivity contribution in [1.29, 1.82) is 0 Å². The van der Waals surface area contributed by atoms with Gasteiger partial charge in [-0.2, -0.15) is 0 Å². The highest BCUT2D eigenvalue weighted by atomic mass is 35.5. The van der Waals surface area contributed by atoms with Crippen molar-refractivity contribution >= 4 is 40.7 Å². The molecule has 1 unspecified atom stereocenters. The molecule has 0 saturated carbocycles. The van der Waals surface area contributed by atoms with Crippen LogP contribution >= 0.6 is 23.2 Å². The molecule has 0 aromatic heterocycles. The number of methoxy groups -OCH3 is 3. The molecule has 1 fully saturated rings. The Labute approximate surface area is 218 Å². The average Bonchev–Trinajstić information content (AvgIpc) is 3.14. The van der Waals surface area contributed by atoms with Gasteiger partial charge >= 0.3 is 0 Å². The van der Waals surface area contributed by atoms with Crippen LogP contribution in [0.3, 0.4) is 0 Å². The molecule has 0 bridgehead atoms. The number of carbonyl (C=O) groups excluding carboxylic acids is 2. The van der Waals surface area contributed by atoms with Crippen LogP contribution < -0.4 is 14.2 Å². The largest absolute Gasteiger partial charge is 0.507 e. The van der Waals surface area contributed by atoms with Gasteiger partial charge in [-0.05, 0) is 53.6 Å². The second kappa shape index (κ2) is 10.5. The summed E-state index contributed by atoms with van der Waals surface area (Å²) in [6.45, 7) is 0.0744. The molecule has 1 heterocycles. The third-order valence-corrected chi connectivity index (χ3v) is 6.68. The van der Waals surface area contributed by atoms with Crippen molar-refractivity contribution in [2.75, 3.05) is 21.3 Å². The summed E-state index contributed by atoms with van der Waals surface area (Å²) in [6.07, 6.45) is 0. The van der Waals surface area contributed by atoms with Crippen LogP contribution in [0.1, 0.15) is 22.7 Å². The van der Waals surface area contributed by atoms with E-state index in [-0.39, 0.29) is 28.5 Å². The summed E-state index contributed by atoms with van der Waals surface area (Å²) < 4.78 is 16.0. The van der Waals surface area contributed by atoms with Crippen LogP contribution in [-0.4, -0.2) is 43.0 Å². The van der Waals surface area contributed by atoms with Gasteiger partial charge in [0.25, 0.3) is 11.7 Å². The quantitative estimate of drug-likeness (QED) is 0.243. The fourth-order valence-electron chi connectivity index (χ4n) is 4.18. The summed E-state index contributed by atoms with van der Waals surface area (Å²) in [7, 11) is 4.57. The van der Waals surface area contributed by atoms with Crippen LogP contribution in [0.2, 0.25) is 10.0 Å². The minimum Gasteiger partial charge on any atom is -0.507 e. The van der Waals surface area contributed by atoms with Crippen molar-refractivity contribution in [1.82, 2.24) is 4.90 Å². The van der Waals surface area contributed by atoms with E-state index in [4.69, 9.17) is 37.4 Å². The van der Waals surface area contributed by atoms with Crippen LogP contribution in [0.4, 0.5) is 0 Å². The molecule has 36 heavy (non-hydrogen) atoms. The number of rotatable bonds is 7. The Balaban J connectivity index is 1.86. The monoisotopic (exact) mass is 527 g/mol. The Morgan fingerprint density at radius 3 is 2.31 bits per heavy atom. The fraction of sp³-hybridized carbons (Fsp3) is 0.185. The molecule has 0 aliphatic carbocycles. The molecule has 1 atom stereocenters. The number of benzene rings is 3. The van der Waals surface area contributed by atoms with Gasteiger partial charge in [0.1, 0.15) is 11.5 Å². The van der Waals surface area contributed by atoms with Crippen molar-refractivity contribution < 1.29 is 28.9 Å². The smallest absolute Gasteiger partial charge is 0.295 e. The zero-order valence-corrected chi connectivity index (χ0v) is 21.3. The van der Waals surface area contributed by atoms with E-state index in [0.717, 1.165) is 0 Å². The summed E-state index contributed by atoms with van der Waals surface area (Å²) in [4.78, 5) is 28.0. The van der Waals surface area contributed by atoms with Crippen molar-refractivity contribution in [3.05, 3.63) is 93.0 Å². The summed E-state index contributed by atoms with van der Waals surface area (Å²) in [5.74, 6) is -0.355. The number of aliphatic hydroxyl groups excluding tert-OH is 1. The zero-order chi connectivity index (χ0) is 26.0. The van der Waals surface area contributed by atoms with E-state index in [2.05, 4.69) is 0 Å². The van der Waals surface area contributed by atoms with Gasteiger partial charge in [-0.25, -0.2) is 0 Å². The molecule has 7 nitrogen and oxygen atoms in total. The van der Waals surface area contributed by atoms with Gasteiger partial charge in [-0.1, -0.05) is 41.4 Å². The topological polar surface area (TPSA) is 85.3 Å². The van der Waals surface area contributed by atoms with Gasteiger partial charge < -0.3 is 24.2 Å². The van der Waals surface area contributed by atoms with Crippen molar-refractivity contribution in [2.45, 2.75) is 12.6 Å². The van der Waals surface area contributed by atoms with E-state index in [1.54, 1.807) is 42.5 Å². The molecule has 1 N–H and O–H groups in total. The second-order valence-corrected chi connectivity index (χ2v) is 8.84. The molecule has 1 aliphatic rings. The van der Waals surface area contributed by atoms with E-state index in [9.17, 15) is 14.7 Å². The Kier molecular flexibility index (Phi) is 7.43. The van der Waals surface area contributed by atoms with E-state index in [1.165, 1.54) is 44.4 Å². The van der Waals surface area contributed by atoms with E-state index >= 15 is 0 Å². The number of ether oxygens (including phenoxy) is 3. The van der Waals surface area contributed by atoms with E-state index < -0.39 is 17.7 Å². The Morgan fingerprint density at radius 2 is 1.64 bits per heavy atom. The summed E-state index contributed by atoms with van der Waals surface area (Å²) in [5.41, 5.74) is 1.50. The number of hydrogen-bond acceptors (Lipinski definition) is 6. The first-order valence-electron chi connectivity index (χ1n) is 10.9. The molecule has 1 aliphatic heterocycles. The second-order valence-electron chi connectivity index (χ2n) is 8.02. The maximum atomic E-state index is 13.3. The molecule has 1 amide bonds. The van der Waals surface area contributed by atoms with Crippen LogP contribution in [-0.2, 0) is 16.1 Å². The average molecular weight is 528 g/mol. The molecule has 0 spiro atoms. The van der Waals surface area contributed by atoms with Gasteiger partial charge in [0, 0.05) is 12.1 Å². The van der Waals surface area contributed by atoms with Gasteiger partial charge in [0.2, 0.25) is 0 Å². The lowest BCUT2D eigenvalue weighted by Crippen LogP contribution is -2.29. The number of nitrogens with zero attached hydrogens (tertiary/aromatic N) is 1. The van der Waals surface area contributed by atoms with E-state index in [0.29, 0.717) is 33.4 Å². The van der Waals surface area contributed by atoms with Gasteiger partial charge in [-0.15, -0.1) is 0 Å². The predicted octanol–water partition coefficient (Wildman–Crippen LogP) is 5.64. The highest BCUT2D eigenvalue weighted by molar-refractivity contribution is 6.46. The molecule has 186 valence electrons. The molecule has 4 rings (SSSR count). The predicted molar refractivity (Wildman–Crippen MR) is 137 cm³/mol. The number of ketones is 1. The lowest BCUT2D eigenvalue weighted by atomic mass is 9.95. The molecule has 0 radical (unpaired) electrons. The number of halogens is 2. The van der Waals surface area contributed by atoms with Crippen LogP contribution in [0.15, 0.2) is 66.2 Å². The standard InChI is InChI=1S/C27H23Cl2NO6/c1-34-18-6-4-5-16(12-18)24-23(25(31)17-8-9-19(28)20(29)13-17)26(32)27(33)30(24)14-15-7-10-21(35-2)22(11-15)36-3/h4-13,24,31H,14H2,1-3H3/b25-23-. The molecular weight excluding hydrogens is 505 g/mol. The minimum absolute atomic E-state index is 0.0629. The van der Waals surface area contributed by atoms with Gasteiger partial charge in [0.05, 0.1) is 43.0 Å². The Hall–Kier alpha value is -3.68. The number of likely N-dealkylation sites (tertiary alicyclic amines) is 1. The highest BCUT2D eigenvalue weighted by Crippen LogP contribution is 2.42. The first-order valence-corrected chi connectivity index (χ1v) is 11.6. The summed E-state index contributed by atoms with van der Waals surface area (Å²) in [6, 6.07) is 15.8. The Bertz CT molecular complexity index is 1370. The normalized spacial score (nSPS) is 16.8. The zero-order valence-electron chi connectivity index (χ0n) is 19.7. The minimum atomic E-state index is -0.886. The maximum absolute atomic E-state index is 13.3. The number of carbonyl (C=O) groups is 2. The lowest BCUT2D eigenvalue weighted by molar-refractivity contribution is -0.140. The fourth-order valence-corrected chi connectivity index (χ4v) is 4.47. The number of Topliss-reactive ketones (excluding diaryl/α,β-unsaturated/α-hetero) is 1. The maximum Gasteiger partial charge on any atom is 0.295 e. The molecule has 3 aromatic carbocycles. The Morgan fingerprint density at radius 1 is 0.889 bits per heavy atom. The van der Waals surface area contributed by atoms with E-state index in [1.807, 2.05) is 0 Å². The molecule has 1 saturated heterocycles. The first kappa shape index (κ1) is 25.4. The third kappa shape index (κ3) is 4.72. The number of hydrogen-bond donors (Lipinski definition) is 1. The van der Waals surface area contributed by atoms with Crippen LogP contribution in [0, 0.1) is 0 Å². The summed E-state index contributed by atoms with van der Waals surface area (Å²) in [5, 5.41) is 11.7. The van der Waals surface area contributed by atoms with Crippen molar-refractivity contribution in [2.24, 2.45) is 0 Å². The van der Waals surface area contributed by atoms with Crippen LogP contribution in [0.5, 0.6) is 17.2 Å². The number of aliphatic hydroxyl groups is 1. The first-order chi connectivity index (χ1) is 17.3. The molecule has 3 aromatic rings. The van der Waals surface area contributed by atoms with Crippen LogP contribution in [0.25, 0.3) is 5.76 Å². The van der Waals surface area contributed by atoms with Gasteiger partial charge in [0.15, 0.2) is 11.5 Å². The SMILES string of the molecule is COc1cccc(C2/C(=C(/O)c3ccc(Cl)c(Cl)c3)C(=O)C(=O)N2Cc2ccc(OC)c(OC)c2)c1. The summed E-state index contributed by atoms with van der Waals surface area (Å²) >= 11 is 12.2. The van der Waals surface area contributed by atoms with Gasteiger partial charge in [-0.3, -0.25) is 9.59 Å². The highest BCUT2D eigenvalue weighted by Gasteiger charge is 2.46. The molecule has 9 heteroatoms. The van der Waals surface area contributed by atoms with Crippen molar-refractivity contribution in [3.63, 3.8) is 0 Å². The lowest BCUT2D eigenvalue weighted by Gasteiger charge is -2.26. The third-order valence-electron chi connectivity index (χ3n) is 5.94. The number of amides is 1. The molecular formula is C27H23Cl2NO6. The van der Waals surface area contributed by atoms with Crippen molar-refractivity contribution in [3.8, 4) is 17.2 Å².